The lowest BCUT2D eigenvalue weighted by Crippen LogP contribution is -2.08. The van der Waals surface area contributed by atoms with E-state index in [-0.39, 0.29) is 46.5 Å². The Morgan fingerprint density at radius 1 is 0.483 bits per heavy atom. The number of esters is 2. The average molecular weight is 823 g/mol. The number of Topliss-reactive ketones (excluding diaryl/α,β-unsaturated/α-hetero) is 4. The molecule has 6 aromatic carbocycles. The van der Waals surface area contributed by atoms with Gasteiger partial charge in [0.15, 0.2) is 0 Å². The van der Waals surface area contributed by atoms with Crippen molar-refractivity contribution in [3.8, 4) is 0 Å². The maximum Gasteiger partial charge on any atom is 0.340 e. The monoisotopic (exact) mass is 822 g/mol. The van der Waals surface area contributed by atoms with Gasteiger partial charge in [-0.2, -0.15) is 0 Å². The Balaban J connectivity index is 1.19. The van der Waals surface area contributed by atoms with Gasteiger partial charge in [0.2, 0.25) is 23.1 Å². The first kappa shape index (κ1) is 36.8. The first-order chi connectivity index (χ1) is 29.2. The maximum atomic E-state index is 14.1. The van der Waals surface area contributed by atoms with E-state index in [1.165, 1.54) is 22.7 Å². The zero-order chi connectivity index (χ0) is 41.1. The summed E-state index contributed by atoms with van der Waals surface area (Å²) in [5, 5.41) is 1.77. The highest BCUT2D eigenvalue weighted by molar-refractivity contribution is 7.22. The predicted molar refractivity (Wildman–Crippen MR) is 229 cm³/mol. The second kappa shape index (κ2) is 14.7. The van der Waals surface area contributed by atoms with Crippen molar-refractivity contribution < 1.29 is 38.2 Å². The first-order valence-corrected chi connectivity index (χ1v) is 20.3. The van der Waals surface area contributed by atoms with Crippen LogP contribution in [0.25, 0.3) is 54.5 Å². The van der Waals surface area contributed by atoms with Crippen molar-refractivity contribution in [1.82, 2.24) is 9.97 Å². The highest BCUT2D eigenvalue weighted by Gasteiger charge is 2.35. The van der Waals surface area contributed by atoms with Crippen LogP contribution in [-0.2, 0) is 32.3 Å². The summed E-state index contributed by atoms with van der Waals surface area (Å²) in [4.78, 5) is 90.2. The minimum atomic E-state index is -0.663. The number of allylic oxidation sites excluding steroid dienone is 2. The number of thiazole rings is 2. The summed E-state index contributed by atoms with van der Waals surface area (Å²) in [7, 11) is 0. The lowest BCUT2D eigenvalue weighted by atomic mass is 10.0. The summed E-state index contributed by atoms with van der Waals surface area (Å²) < 4.78 is 12.7. The number of rotatable bonds is 8. The number of benzene rings is 6. The molecule has 2 heterocycles. The number of fused-ring (bicyclic) bond motifs is 7. The number of carbonyl (C=O) groups is 6. The third-order valence-electron chi connectivity index (χ3n) is 10.4. The molecule has 10 nitrogen and oxygen atoms in total. The summed E-state index contributed by atoms with van der Waals surface area (Å²) in [5.41, 5.74) is 4.28. The molecule has 0 saturated carbocycles. The predicted octanol–water partition coefficient (Wildman–Crippen LogP) is 9.39. The minimum Gasteiger partial charge on any atom is -0.457 e. The summed E-state index contributed by atoms with van der Waals surface area (Å²) in [6, 6.07) is 35.2. The zero-order valence-corrected chi connectivity index (χ0v) is 32.7. The van der Waals surface area contributed by atoms with Gasteiger partial charge >= 0.3 is 11.9 Å². The summed E-state index contributed by atoms with van der Waals surface area (Å²) in [6.07, 6.45) is 3.09. The van der Waals surface area contributed by atoms with Crippen molar-refractivity contribution in [3.05, 3.63) is 176 Å². The van der Waals surface area contributed by atoms with E-state index in [1.54, 1.807) is 72.8 Å². The fourth-order valence-corrected chi connectivity index (χ4v) is 9.60. The molecule has 0 bridgehead atoms. The highest BCUT2D eigenvalue weighted by atomic mass is 32.1. The number of carbonyl (C=O) groups excluding carboxylic acids is 6. The van der Waals surface area contributed by atoms with Gasteiger partial charge in [-0.15, -0.1) is 22.7 Å². The van der Waals surface area contributed by atoms with Crippen LogP contribution >= 0.6 is 22.7 Å². The SMILES string of the molecule is O=C1C(=O)c2ccccc2/C1=C/c1nc2c(C(=O)OCc3ccccc3)cc3c(cc(C(=O)OCc4ccccc4)c4nc(/C=C5\C(=O)C(=O)c6ccccc65)sc43)c2s1. The molecule has 0 fully saturated rings. The van der Waals surface area contributed by atoms with Gasteiger partial charge in [0.25, 0.3) is 0 Å². The van der Waals surface area contributed by atoms with Crippen molar-refractivity contribution in [1.29, 1.82) is 0 Å². The fourth-order valence-electron chi connectivity index (χ4n) is 7.50. The number of hydrogen-bond donors (Lipinski definition) is 0. The van der Waals surface area contributed by atoms with Crippen LogP contribution in [0.3, 0.4) is 0 Å². The largest absolute Gasteiger partial charge is 0.457 e. The fraction of sp³-hybridized carbons (Fsp3) is 0.0417. The second-order valence-corrected chi connectivity index (χ2v) is 16.1. The van der Waals surface area contributed by atoms with E-state index >= 15 is 0 Å². The summed E-state index contributed by atoms with van der Waals surface area (Å²) in [6.45, 7) is -0.0243. The van der Waals surface area contributed by atoms with Gasteiger partial charge in [-0.3, -0.25) is 19.2 Å². The third-order valence-corrected chi connectivity index (χ3v) is 12.5. The lowest BCUT2D eigenvalue weighted by molar-refractivity contribution is -0.110. The quantitative estimate of drug-likeness (QED) is 0.0825. The molecule has 2 aromatic heterocycles. The Bertz CT molecular complexity index is 3050. The maximum absolute atomic E-state index is 14.1. The van der Waals surface area contributed by atoms with Crippen molar-refractivity contribution in [2.24, 2.45) is 0 Å². The van der Waals surface area contributed by atoms with Crippen molar-refractivity contribution in [2.75, 3.05) is 0 Å². The molecule has 2 aliphatic carbocycles. The van der Waals surface area contributed by atoms with Crippen LogP contribution in [-0.4, -0.2) is 45.0 Å². The highest BCUT2D eigenvalue weighted by Crippen LogP contribution is 2.43. The Morgan fingerprint density at radius 2 is 0.850 bits per heavy atom. The van der Waals surface area contributed by atoms with E-state index in [0.717, 1.165) is 11.1 Å². The van der Waals surface area contributed by atoms with Crippen LogP contribution < -0.4 is 0 Å². The van der Waals surface area contributed by atoms with Crippen molar-refractivity contribution in [2.45, 2.75) is 13.2 Å². The smallest absolute Gasteiger partial charge is 0.340 e. The Kier molecular flexibility index (Phi) is 9.00. The van der Waals surface area contributed by atoms with Crippen LogP contribution in [0.1, 0.15) is 73.7 Å². The molecule has 12 heteroatoms. The van der Waals surface area contributed by atoms with E-state index in [9.17, 15) is 28.8 Å². The van der Waals surface area contributed by atoms with Crippen LogP contribution in [0.2, 0.25) is 0 Å². The number of ether oxygens (including phenoxy) is 2. The zero-order valence-electron chi connectivity index (χ0n) is 31.1. The topological polar surface area (TPSA) is 147 Å². The van der Waals surface area contributed by atoms with Gasteiger partial charge in [0.05, 0.1) is 31.6 Å². The second-order valence-electron chi connectivity index (χ2n) is 14.1. The molecule has 60 heavy (non-hydrogen) atoms. The van der Waals surface area contributed by atoms with Crippen LogP contribution in [0.4, 0.5) is 0 Å². The normalized spacial score (nSPS) is 14.8. The molecular formula is C48H26N2O8S2. The molecule has 2 aliphatic rings. The molecule has 0 saturated heterocycles. The minimum absolute atomic E-state index is 0.0122. The van der Waals surface area contributed by atoms with Crippen LogP contribution in [0, 0.1) is 0 Å². The molecule has 288 valence electrons. The molecule has 10 rings (SSSR count). The summed E-state index contributed by atoms with van der Waals surface area (Å²) >= 11 is 2.36. The molecule has 0 amide bonds. The van der Waals surface area contributed by atoms with Crippen LogP contribution in [0.5, 0.6) is 0 Å². The van der Waals surface area contributed by atoms with E-state index < -0.39 is 35.1 Å². The first-order valence-electron chi connectivity index (χ1n) is 18.7. The van der Waals surface area contributed by atoms with Gasteiger partial charge in [-0.25, -0.2) is 19.6 Å². The molecular weight excluding hydrogens is 797 g/mol. The number of nitrogens with zero attached hydrogens (tertiary/aromatic N) is 2. The van der Waals surface area contributed by atoms with E-state index in [4.69, 9.17) is 19.4 Å². The van der Waals surface area contributed by atoms with Crippen molar-refractivity contribution >= 4 is 112 Å². The van der Waals surface area contributed by atoms with Gasteiger partial charge in [0, 0.05) is 33.0 Å². The van der Waals surface area contributed by atoms with Gasteiger partial charge in [0.1, 0.15) is 23.2 Å². The number of hydrogen-bond acceptors (Lipinski definition) is 12. The third kappa shape index (κ3) is 6.26. The standard InChI is InChI=1S/C48H26N2O8S2/c51-41-29-17-9-7-15-27(29)31(43(41)53)21-37-49-39-35(47(55)57-23-25-11-3-1-4-12-25)19-33-34(45(39)59-37)20-36(48(56)58-24-26-13-5-2-6-14-26)40-46(33)60-38(50-40)22-32-28-16-8-10-18-30(28)42(52)44(32)54/h1-22H,23-24H2/b31-21-,32-22-. The molecule has 0 atom stereocenters. The molecule has 0 radical (unpaired) electrons. The lowest BCUT2D eigenvalue weighted by Gasteiger charge is -2.10. The number of aromatic nitrogens is 2. The van der Waals surface area contributed by atoms with E-state index in [2.05, 4.69) is 0 Å². The van der Waals surface area contributed by atoms with Crippen molar-refractivity contribution in [3.63, 3.8) is 0 Å². The number of ketones is 4. The molecule has 0 spiro atoms. The molecule has 0 unspecified atom stereocenters. The Labute approximate surface area is 348 Å². The molecule has 0 aliphatic heterocycles. The Hall–Kier alpha value is -7.54. The van der Waals surface area contributed by atoms with Gasteiger partial charge in [-0.05, 0) is 46.5 Å². The molecule has 8 aromatic rings. The van der Waals surface area contributed by atoms with E-state index in [1.807, 2.05) is 60.7 Å². The molecule has 0 N–H and O–H groups in total. The Morgan fingerprint density at radius 3 is 1.25 bits per heavy atom. The summed E-state index contributed by atoms with van der Waals surface area (Å²) in [5.74, 6) is -3.87. The average Bonchev–Trinajstić information content (AvgIpc) is 4.03. The van der Waals surface area contributed by atoms with Crippen LogP contribution in [0.15, 0.2) is 121 Å². The van der Waals surface area contributed by atoms with E-state index in [0.29, 0.717) is 52.4 Å². The van der Waals surface area contributed by atoms with Gasteiger partial charge in [-0.1, -0.05) is 109 Å². The van der Waals surface area contributed by atoms with Gasteiger partial charge < -0.3 is 9.47 Å².